The van der Waals surface area contributed by atoms with Gasteiger partial charge >= 0.3 is 0 Å². The van der Waals surface area contributed by atoms with Crippen molar-refractivity contribution in [2.45, 2.75) is 18.8 Å². The highest BCUT2D eigenvalue weighted by Crippen LogP contribution is 2.42. The lowest BCUT2D eigenvalue weighted by Crippen LogP contribution is -1.98. The molecule has 0 unspecified atom stereocenters. The van der Waals surface area contributed by atoms with E-state index >= 15 is 0 Å². The molecule has 1 fully saturated rings. The molecular formula is C13H10BrClN2O. The van der Waals surface area contributed by atoms with Gasteiger partial charge in [0.05, 0.1) is 16.9 Å². The van der Waals surface area contributed by atoms with Gasteiger partial charge in [0.15, 0.2) is 6.29 Å². The molecule has 0 N–H and O–H groups in total. The van der Waals surface area contributed by atoms with Crippen LogP contribution in [0.5, 0.6) is 0 Å². The Balaban J connectivity index is 2.18. The molecule has 92 valence electrons. The number of nitrogens with zero attached hydrogens (tertiary/aromatic N) is 2. The number of aldehydes is 1. The van der Waals surface area contributed by atoms with Crippen LogP contribution in [0.4, 0.5) is 0 Å². The topological polar surface area (TPSA) is 34.9 Å². The van der Waals surface area contributed by atoms with Gasteiger partial charge in [0, 0.05) is 10.4 Å². The zero-order valence-corrected chi connectivity index (χ0v) is 11.8. The van der Waals surface area contributed by atoms with Gasteiger partial charge in [0.1, 0.15) is 5.15 Å². The number of carbonyl (C=O) groups is 1. The standard InChI is InChI=1S/C13H10BrClN2O/c14-10-3-1-2-4-11(10)17-13(15)9(7-18)12(16-17)8-5-6-8/h1-4,7-8H,5-6H2. The second-order valence-corrected chi connectivity index (χ2v) is 5.56. The van der Waals surface area contributed by atoms with Gasteiger partial charge < -0.3 is 0 Å². The van der Waals surface area contributed by atoms with Gasteiger partial charge in [-0.15, -0.1) is 0 Å². The molecule has 1 aromatic heterocycles. The van der Waals surface area contributed by atoms with Crippen molar-refractivity contribution in [3.63, 3.8) is 0 Å². The highest BCUT2D eigenvalue weighted by atomic mass is 79.9. The average Bonchev–Trinajstić information content (AvgIpc) is 3.15. The third-order valence-electron chi connectivity index (χ3n) is 3.05. The number of hydrogen-bond donors (Lipinski definition) is 0. The summed E-state index contributed by atoms with van der Waals surface area (Å²) in [5, 5.41) is 4.88. The average molecular weight is 326 g/mol. The molecule has 0 saturated heterocycles. The monoisotopic (exact) mass is 324 g/mol. The zero-order chi connectivity index (χ0) is 12.7. The first-order valence-electron chi connectivity index (χ1n) is 5.71. The van der Waals surface area contributed by atoms with Gasteiger partial charge in [0.25, 0.3) is 0 Å². The van der Waals surface area contributed by atoms with Crippen LogP contribution in [0.25, 0.3) is 5.69 Å². The maximum absolute atomic E-state index is 11.2. The largest absolute Gasteiger partial charge is 0.298 e. The summed E-state index contributed by atoms with van der Waals surface area (Å²) >= 11 is 9.72. The molecule has 3 nitrogen and oxygen atoms in total. The van der Waals surface area contributed by atoms with Crippen molar-refractivity contribution in [3.8, 4) is 5.69 Å². The minimum atomic E-state index is 0.388. The van der Waals surface area contributed by atoms with Crippen LogP contribution in [0.2, 0.25) is 5.15 Å². The Kier molecular flexibility index (Phi) is 2.99. The van der Waals surface area contributed by atoms with Crippen molar-refractivity contribution in [1.29, 1.82) is 0 Å². The number of para-hydroxylation sites is 1. The summed E-state index contributed by atoms with van der Waals surface area (Å²) in [7, 11) is 0. The quantitative estimate of drug-likeness (QED) is 0.800. The maximum atomic E-state index is 11.2. The van der Waals surface area contributed by atoms with Gasteiger partial charge in [-0.25, -0.2) is 4.68 Å². The van der Waals surface area contributed by atoms with Crippen molar-refractivity contribution >= 4 is 33.8 Å². The molecule has 5 heteroatoms. The van der Waals surface area contributed by atoms with Crippen LogP contribution in [0.15, 0.2) is 28.7 Å². The molecule has 1 aromatic carbocycles. The third kappa shape index (κ3) is 1.89. The van der Waals surface area contributed by atoms with Crippen LogP contribution < -0.4 is 0 Å². The third-order valence-corrected chi connectivity index (χ3v) is 4.09. The van der Waals surface area contributed by atoms with Crippen LogP contribution in [-0.2, 0) is 0 Å². The Morgan fingerprint density at radius 1 is 1.39 bits per heavy atom. The minimum Gasteiger partial charge on any atom is -0.298 e. The summed E-state index contributed by atoms with van der Waals surface area (Å²) in [6, 6.07) is 7.67. The zero-order valence-electron chi connectivity index (χ0n) is 9.44. The lowest BCUT2D eigenvalue weighted by atomic mass is 10.2. The fourth-order valence-electron chi connectivity index (χ4n) is 1.98. The van der Waals surface area contributed by atoms with E-state index in [1.54, 1.807) is 4.68 Å². The van der Waals surface area contributed by atoms with Crippen LogP contribution in [-0.4, -0.2) is 16.1 Å². The normalized spacial score (nSPS) is 14.8. The summed E-state index contributed by atoms with van der Waals surface area (Å²) in [6.07, 6.45) is 2.98. The molecule has 0 bridgehead atoms. The predicted molar refractivity (Wildman–Crippen MR) is 73.6 cm³/mol. The number of aromatic nitrogens is 2. The second kappa shape index (κ2) is 4.52. The summed E-state index contributed by atoms with van der Waals surface area (Å²) in [6.45, 7) is 0. The lowest BCUT2D eigenvalue weighted by Gasteiger charge is -2.05. The van der Waals surface area contributed by atoms with E-state index in [0.717, 1.165) is 35.0 Å². The fraction of sp³-hybridized carbons (Fsp3) is 0.231. The minimum absolute atomic E-state index is 0.388. The van der Waals surface area contributed by atoms with Crippen LogP contribution in [0, 0.1) is 0 Å². The van der Waals surface area contributed by atoms with E-state index in [1.165, 1.54) is 0 Å². The molecular weight excluding hydrogens is 316 g/mol. The van der Waals surface area contributed by atoms with Gasteiger partial charge in [0.2, 0.25) is 0 Å². The van der Waals surface area contributed by atoms with Crippen molar-refractivity contribution < 1.29 is 4.79 Å². The first kappa shape index (κ1) is 11.9. The number of rotatable bonds is 3. The van der Waals surface area contributed by atoms with Crippen molar-refractivity contribution in [3.05, 3.63) is 45.1 Å². The Morgan fingerprint density at radius 2 is 2.11 bits per heavy atom. The van der Waals surface area contributed by atoms with E-state index < -0.39 is 0 Å². The highest BCUT2D eigenvalue weighted by molar-refractivity contribution is 9.10. The van der Waals surface area contributed by atoms with E-state index in [1.807, 2.05) is 24.3 Å². The SMILES string of the molecule is O=Cc1c(C2CC2)nn(-c2ccccc2Br)c1Cl. The number of carbonyl (C=O) groups excluding carboxylic acids is 1. The Labute approximate surface area is 118 Å². The van der Waals surface area contributed by atoms with Crippen LogP contribution in [0.1, 0.15) is 34.8 Å². The molecule has 1 heterocycles. The van der Waals surface area contributed by atoms with E-state index in [-0.39, 0.29) is 0 Å². The molecule has 0 radical (unpaired) electrons. The molecule has 0 amide bonds. The van der Waals surface area contributed by atoms with E-state index in [9.17, 15) is 4.79 Å². The molecule has 3 rings (SSSR count). The number of benzene rings is 1. The van der Waals surface area contributed by atoms with E-state index in [0.29, 0.717) is 16.6 Å². The molecule has 2 aromatic rings. The molecule has 1 saturated carbocycles. The molecule has 0 aliphatic heterocycles. The van der Waals surface area contributed by atoms with E-state index in [4.69, 9.17) is 11.6 Å². The molecule has 1 aliphatic rings. The molecule has 1 aliphatic carbocycles. The van der Waals surface area contributed by atoms with Crippen molar-refractivity contribution in [2.75, 3.05) is 0 Å². The Hall–Kier alpha value is -1.13. The summed E-state index contributed by atoms with van der Waals surface area (Å²) in [4.78, 5) is 11.2. The first-order valence-corrected chi connectivity index (χ1v) is 6.88. The molecule has 0 spiro atoms. The molecule has 18 heavy (non-hydrogen) atoms. The smallest absolute Gasteiger partial charge is 0.155 e. The fourth-order valence-corrected chi connectivity index (χ4v) is 2.70. The summed E-state index contributed by atoms with van der Waals surface area (Å²) in [5.41, 5.74) is 2.19. The summed E-state index contributed by atoms with van der Waals surface area (Å²) < 4.78 is 2.53. The van der Waals surface area contributed by atoms with Gasteiger partial charge in [-0.05, 0) is 40.9 Å². The highest BCUT2D eigenvalue weighted by Gasteiger charge is 2.31. The number of hydrogen-bond acceptors (Lipinski definition) is 2. The predicted octanol–water partition coefficient (Wildman–Crippen LogP) is 3.98. The van der Waals surface area contributed by atoms with Crippen LogP contribution >= 0.6 is 27.5 Å². The van der Waals surface area contributed by atoms with E-state index in [2.05, 4.69) is 21.0 Å². The lowest BCUT2D eigenvalue weighted by molar-refractivity contribution is 0.112. The second-order valence-electron chi connectivity index (χ2n) is 4.35. The Morgan fingerprint density at radius 3 is 2.72 bits per heavy atom. The van der Waals surface area contributed by atoms with Crippen molar-refractivity contribution in [1.82, 2.24) is 9.78 Å². The van der Waals surface area contributed by atoms with Gasteiger partial charge in [-0.3, -0.25) is 4.79 Å². The maximum Gasteiger partial charge on any atom is 0.155 e. The van der Waals surface area contributed by atoms with Gasteiger partial charge in [-0.1, -0.05) is 23.7 Å². The first-order chi connectivity index (χ1) is 8.72. The molecule has 0 atom stereocenters. The number of halogens is 2. The summed E-state index contributed by atoms with van der Waals surface area (Å²) in [5.74, 6) is 0.395. The van der Waals surface area contributed by atoms with Crippen molar-refractivity contribution in [2.24, 2.45) is 0 Å². The Bertz CT molecular complexity index is 619. The van der Waals surface area contributed by atoms with Crippen LogP contribution in [0.3, 0.4) is 0 Å². The van der Waals surface area contributed by atoms with Gasteiger partial charge in [-0.2, -0.15) is 5.10 Å².